The smallest absolute Gasteiger partial charge is 0.257 e. The minimum absolute atomic E-state index is 0.0580. The third-order valence-corrected chi connectivity index (χ3v) is 5.23. The molecule has 0 bridgehead atoms. The maximum Gasteiger partial charge on any atom is 0.257 e. The molecule has 1 amide bonds. The van der Waals surface area contributed by atoms with E-state index >= 15 is 0 Å². The highest BCUT2D eigenvalue weighted by atomic mass is 16.5. The molecular formula is C23H25N3O4. The Hall–Kier alpha value is -3.32. The second-order valence-electron chi connectivity index (χ2n) is 7.59. The van der Waals surface area contributed by atoms with Gasteiger partial charge in [0.05, 0.1) is 6.61 Å². The lowest BCUT2D eigenvalue weighted by Gasteiger charge is -2.40. The van der Waals surface area contributed by atoms with E-state index in [1.165, 1.54) is 0 Å². The molecule has 3 aromatic rings. The van der Waals surface area contributed by atoms with Crippen LogP contribution >= 0.6 is 0 Å². The van der Waals surface area contributed by atoms with Gasteiger partial charge in [-0.15, -0.1) is 0 Å². The van der Waals surface area contributed by atoms with Gasteiger partial charge < -0.3 is 19.9 Å². The molecule has 2 N–H and O–H groups in total. The lowest BCUT2D eigenvalue weighted by molar-refractivity contribution is -0.0517. The molecule has 7 heteroatoms. The van der Waals surface area contributed by atoms with Gasteiger partial charge >= 0.3 is 0 Å². The van der Waals surface area contributed by atoms with Crippen LogP contribution in [0.3, 0.4) is 0 Å². The fourth-order valence-electron chi connectivity index (χ4n) is 3.37. The van der Waals surface area contributed by atoms with Gasteiger partial charge in [0.1, 0.15) is 23.7 Å². The molecule has 0 atom stereocenters. The number of aliphatic hydroxyl groups is 1. The van der Waals surface area contributed by atoms with Crippen LogP contribution in [0, 0.1) is 0 Å². The number of amides is 1. The average molecular weight is 407 g/mol. The van der Waals surface area contributed by atoms with Crippen LogP contribution in [-0.4, -0.2) is 33.0 Å². The standard InChI is InChI=1S/C23H25N3O4/c1-26-11-8-21(25-26)24-22(28)18-12-19(29-15-17-6-3-2-4-7-17)14-20(13-18)30-23(16-27)9-5-10-23/h2-4,6-8,11-14,27H,5,9-10,15-16H2,1H3,(H,24,25,28). The van der Waals surface area contributed by atoms with Gasteiger partial charge in [-0.05, 0) is 37.0 Å². The first-order valence-electron chi connectivity index (χ1n) is 9.98. The third-order valence-electron chi connectivity index (χ3n) is 5.23. The average Bonchev–Trinajstić information content (AvgIpc) is 3.14. The topological polar surface area (TPSA) is 85.6 Å². The molecule has 0 spiro atoms. The monoisotopic (exact) mass is 407 g/mol. The number of carbonyl (C=O) groups is 1. The number of rotatable bonds is 8. The van der Waals surface area contributed by atoms with Crippen LogP contribution in [0.25, 0.3) is 0 Å². The number of aryl methyl sites for hydroxylation is 1. The van der Waals surface area contributed by atoms with E-state index in [0.717, 1.165) is 24.8 Å². The van der Waals surface area contributed by atoms with Crippen molar-refractivity contribution in [1.82, 2.24) is 9.78 Å². The Morgan fingerprint density at radius 2 is 1.93 bits per heavy atom. The number of aliphatic hydroxyl groups excluding tert-OH is 1. The summed E-state index contributed by atoms with van der Waals surface area (Å²) < 4.78 is 13.6. The molecule has 1 aliphatic carbocycles. The van der Waals surface area contributed by atoms with Crippen molar-refractivity contribution in [3.63, 3.8) is 0 Å². The maximum atomic E-state index is 12.8. The van der Waals surface area contributed by atoms with Crippen LogP contribution in [-0.2, 0) is 13.7 Å². The summed E-state index contributed by atoms with van der Waals surface area (Å²) in [5.74, 6) is 1.18. The summed E-state index contributed by atoms with van der Waals surface area (Å²) in [6.07, 6.45) is 4.34. The second-order valence-corrected chi connectivity index (χ2v) is 7.59. The lowest BCUT2D eigenvalue weighted by Crippen LogP contribution is -2.46. The molecule has 1 heterocycles. The first kappa shape index (κ1) is 20.0. The summed E-state index contributed by atoms with van der Waals surface area (Å²) in [7, 11) is 1.78. The van der Waals surface area contributed by atoms with Crippen molar-refractivity contribution in [3.05, 3.63) is 71.9 Å². The summed E-state index contributed by atoms with van der Waals surface area (Å²) in [6.45, 7) is 0.314. The molecule has 1 fully saturated rings. The van der Waals surface area contributed by atoms with Crippen molar-refractivity contribution in [2.45, 2.75) is 31.5 Å². The fourth-order valence-corrected chi connectivity index (χ4v) is 3.37. The van der Waals surface area contributed by atoms with Crippen LogP contribution in [0.1, 0.15) is 35.2 Å². The summed E-state index contributed by atoms with van der Waals surface area (Å²) >= 11 is 0. The number of hydrogen-bond acceptors (Lipinski definition) is 5. The molecule has 0 saturated heterocycles. The van der Waals surface area contributed by atoms with Gasteiger partial charge in [0.2, 0.25) is 0 Å². The predicted octanol–water partition coefficient (Wildman–Crippen LogP) is 3.55. The zero-order chi connectivity index (χ0) is 21.0. The molecule has 156 valence electrons. The summed E-state index contributed by atoms with van der Waals surface area (Å²) in [5.41, 5.74) is 0.843. The zero-order valence-corrected chi connectivity index (χ0v) is 16.9. The molecule has 1 saturated carbocycles. The van der Waals surface area contributed by atoms with E-state index < -0.39 is 5.60 Å². The molecule has 0 aliphatic heterocycles. The highest BCUT2D eigenvalue weighted by Crippen LogP contribution is 2.37. The number of hydrogen-bond donors (Lipinski definition) is 2. The van der Waals surface area contributed by atoms with Crippen molar-refractivity contribution in [1.29, 1.82) is 0 Å². The van der Waals surface area contributed by atoms with E-state index in [9.17, 15) is 9.90 Å². The summed E-state index contributed by atoms with van der Waals surface area (Å²) in [6, 6.07) is 16.6. The van der Waals surface area contributed by atoms with Gasteiger partial charge in [-0.1, -0.05) is 30.3 Å². The van der Waals surface area contributed by atoms with Crippen LogP contribution < -0.4 is 14.8 Å². The molecule has 4 rings (SSSR count). The zero-order valence-electron chi connectivity index (χ0n) is 16.9. The minimum Gasteiger partial charge on any atom is -0.489 e. The second kappa shape index (κ2) is 8.59. The van der Waals surface area contributed by atoms with Gasteiger partial charge in [0.15, 0.2) is 5.82 Å². The normalized spacial score (nSPS) is 14.6. The summed E-state index contributed by atoms with van der Waals surface area (Å²) in [5, 5.41) is 16.7. The van der Waals surface area contributed by atoms with Gasteiger partial charge in [-0.25, -0.2) is 0 Å². The molecule has 1 aliphatic rings. The predicted molar refractivity (Wildman–Crippen MR) is 113 cm³/mol. The highest BCUT2D eigenvalue weighted by Gasteiger charge is 2.39. The molecule has 0 unspecified atom stereocenters. The Kier molecular flexibility index (Phi) is 5.72. The highest BCUT2D eigenvalue weighted by molar-refractivity contribution is 6.04. The number of carbonyl (C=O) groups excluding carboxylic acids is 1. The first-order valence-corrected chi connectivity index (χ1v) is 9.98. The lowest BCUT2D eigenvalue weighted by atomic mass is 9.80. The largest absolute Gasteiger partial charge is 0.489 e. The Morgan fingerprint density at radius 3 is 2.57 bits per heavy atom. The molecule has 30 heavy (non-hydrogen) atoms. The number of nitrogens with one attached hydrogen (secondary N) is 1. The number of ether oxygens (including phenoxy) is 2. The van der Waals surface area contributed by atoms with Gasteiger partial charge in [0, 0.05) is 30.9 Å². The van der Waals surface area contributed by atoms with Gasteiger partial charge in [0.25, 0.3) is 5.91 Å². The van der Waals surface area contributed by atoms with E-state index in [1.54, 1.807) is 42.2 Å². The molecule has 7 nitrogen and oxygen atoms in total. The van der Waals surface area contributed by atoms with E-state index in [4.69, 9.17) is 9.47 Å². The quantitative estimate of drug-likeness (QED) is 0.597. The Morgan fingerprint density at radius 1 is 1.17 bits per heavy atom. The van der Waals surface area contributed by atoms with Crippen molar-refractivity contribution in [3.8, 4) is 11.5 Å². The molecular weight excluding hydrogens is 382 g/mol. The molecule has 1 aromatic heterocycles. The molecule has 2 aromatic carbocycles. The maximum absolute atomic E-state index is 12.8. The van der Waals surface area contributed by atoms with Crippen LogP contribution in [0.4, 0.5) is 5.82 Å². The van der Waals surface area contributed by atoms with Crippen LogP contribution in [0.2, 0.25) is 0 Å². The van der Waals surface area contributed by atoms with E-state index in [2.05, 4.69) is 10.4 Å². The third kappa shape index (κ3) is 4.63. The number of benzene rings is 2. The van der Waals surface area contributed by atoms with Gasteiger partial charge in [-0.2, -0.15) is 5.10 Å². The van der Waals surface area contributed by atoms with E-state index in [0.29, 0.717) is 29.5 Å². The summed E-state index contributed by atoms with van der Waals surface area (Å²) in [4.78, 5) is 12.8. The van der Waals surface area contributed by atoms with E-state index in [-0.39, 0.29) is 12.5 Å². The SMILES string of the molecule is Cn1ccc(NC(=O)c2cc(OCc3ccccc3)cc(OC3(CO)CCC3)c2)n1. The first-order chi connectivity index (χ1) is 14.5. The Balaban J connectivity index is 1.57. The number of nitrogens with zero attached hydrogens (tertiary/aromatic N) is 2. The fraction of sp³-hybridized carbons (Fsp3) is 0.304. The van der Waals surface area contributed by atoms with Crippen molar-refractivity contribution >= 4 is 11.7 Å². The Labute approximate surface area is 175 Å². The number of anilines is 1. The van der Waals surface area contributed by atoms with Gasteiger partial charge in [-0.3, -0.25) is 9.48 Å². The van der Waals surface area contributed by atoms with Crippen LogP contribution in [0.5, 0.6) is 11.5 Å². The Bertz CT molecular complexity index is 1010. The number of aromatic nitrogens is 2. The molecule has 0 radical (unpaired) electrons. The van der Waals surface area contributed by atoms with Crippen molar-refractivity contribution in [2.24, 2.45) is 7.05 Å². The van der Waals surface area contributed by atoms with Crippen molar-refractivity contribution in [2.75, 3.05) is 11.9 Å². The van der Waals surface area contributed by atoms with E-state index in [1.807, 2.05) is 30.3 Å². The van der Waals surface area contributed by atoms with Crippen molar-refractivity contribution < 1.29 is 19.4 Å². The van der Waals surface area contributed by atoms with Crippen LogP contribution in [0.15, 0.2) is 60.8 Å². The minimum atomic E-state index is -0.577.